The van der Waals surface area contributed by atoms with Crippen molar-refractivity contribution in [1.82, 2.24) is 20.2 Å². The molecule has 0 unspecified atom stereocenters. The van der Waals surface area contributed by atoms with E-state index in [4.69, 9.17) is 5.73 Å². The van der Waals surface area contributed by atoms with E-state index < -0.39 is 0 Å². The molecule has 0 bridgehead atoms. The third-order valence-electron chi connectivity index (χ3n) is 4.59. The van der Waals surface area contributed by atoms with Crippen molar-refractivity contribution < 1.29 is 0 Å². The standard InChI is InChI=1S/C14H16BrN5/c15-11-4-1-9(7-12(11)16)13-17-18-19-20(13)8-14(5-6-14)10-2-3-10/h1,4,7,10H,2-3,5-6,8,16H2. The summed E-state index contributed by atoms with van der Waals surface area (Å²) in [5, 5.41) is 12.2. The molecule has 6 heteroatoms. The minimum Gasteiger partial charge on any atom is -0.398 e. The number of halogens is 1. The van der Waals surface area contributed by atoms with Gasteiger partial charge in [0.1, 0.15) is 0 Å². The number of tetrazole rings is 1. The van der Waals surface area contributed by atoms with Crippen LogP contribution in [-0.4, -0.2) is 20.2 Å². The molecule has 0 amide bonds. The molecule has 0 aliphatic heterocycles. The van der Waals surface area contributed by atoms with Gasteiger partial charge in [0.05, 0.1) is 6.54 Å². The summed E-state index contributed by atoms with van der Waals surface area (Å²) in [6.07, 6.45) is 5.39. The molecule has 0 spiro atoms. The van der Waals surface area contributed by atoms with E-state index in [0.717, 1.165) is 28.3 Å². The predicted molar refractivity (Wildman–Crippen MR) is 79.8 cm³/mol. The van der Waals surface area contributed by atoms with Gasteiger partial charge in [-0.05, 0) is 81.6 Å². The molecule has 1 aromatic carbocycles. The van der Waals surface area contributed by atoms with Crippen LogP contribution in [-0.2, 0) is 6.54 Å². The molecule has 2 fully saturated rings. The summed E-state index contributed by atoms with van der Waals surface area (Å²) < 4.78 is 2.85. The molecule has 2 aliphatic rings. The fraction of sp³-hybridized carbons (Fsp3) is 0.500. The lowest BCUT2D eigenvalue weighted by atomic mass is 10.0. The average molecular weight is 334 g/mol. The highest BCUT2D eigenvalue weighted by Gasteiger charge is 2.54. The van der Waals surface area contributed by atoms with E-state index in [2.05, 4.69) is 31.5 Å². The van der Waals surface area contributed by atoms with Crippen molar-refractivity contribution in [1.29, 1.82) is 0 Å². The second-order valence-electron chi connectivity index (χ2n) is 6.03. The number of hydrogen-bond donors (Lipinski definition) is 1. The molecule has 104 valence electrons. The summed E-state index contributed by atoms with van der Waals surface area (Å²) in [5.74, 6) is 1.71. The van der Waals surface area contributed by atoms with E-state index in [9.17, 15) is 0 Å². The van der Waals surface area contributed by atoms with Crippen LogP contribution in [0.3, 0.4) is 0 Å². The number of hydrogen-bond acceptors (Lipinski definition) is 4. The van der Waals surface area contributed by atoms with Gasteiger partial charge in [-0.2, -0.15) is 0 Å². The Morgan fingerprint density at radius 3 is 2.80 bits per heavy atom. The van der Waals surface area contributed by atoms with Crippen LogP contribution in [0, 0.1) is 11.3 Å². The highest BCUT2D eigenvalue weighted by Crippen LogP contribution is 2.62. The molecule has 5 nitrogen and oxygen atoms in total. The quantitative estimate of drug-likeness (QED) is 0.873. The second-order valence-corrected chi connectivity index (χ2v) is 6.89. The molecule has 1 heterocycles. The van der Waals surface area contributed by atoms with Crippen molar-refractivity contribution >= 4 is 21.6 Å². The van der Waals surface area contributed by atoms with E-state index >= 15 is 0 Å². The average Bonchev–Trinajstić information content (AvgIpc) is 3.32. The first-order valence-corrected chi connectivity index (χ1v) is 7.79. The summed E-state index contributed by atoms with van der Waals surface area (Å²) in [6.45, 7) is 0.940. The minimum absolute atomic E-state index is 0.477. The van der Waals surface area contributed by atoms with Crippen molar-refractivity contribution in [2.24, 2.45) is 11.3 Å². The van der Waals surface area contributed by atoms with E-state index in [0.29, 0.717) is 11.1 Å². The summed E-state index contributed by atoms with van der Waals surface area (Å²) in [7, 11) is 0. The zero-order chi connectivity index (χ0) is 13.7. The first-order valence-electron chi connectivity index (χ1n) is 6.99. The number of rotatable bonds is 4. The molecule has 0 atom stereocenters. The number of nitrogens with zero attached hydrogens (tertiary/aromatic N) is 4. The van der Waals surface area contributed by atoms with E-state index in [1.54, 1.807) is 0 Å². The van der Waals surface area contributed by atoms with Crippen LogP contribution in [0.5, 0.6) is 0 Å². The van der Waals surface area contributed by atoms with Gasteiger partial charge in [-0.3, -0.25) is 0 Å². The normalized spacial score (nSPS) is 20.1. The van der Waals surface area contributed by atoms with E-state index in [-0.39, 0.29) is 0 Å². The molecular weight excluding hydrogens is 318 g/mol. The maximum atomic E-state index is 5.95. The molecule has 2 saturated carbocycles. The minimum atomic E-state index is 0.477. The van der Waals surface area contributed by atoms with Gasteiger partial charge >= 0.3 is 0 Å². The zero-order valence-corrected chi connectivity index (χ0v) is 12.7. The van der Waals surface area contributed by atoms with Gasteiger partial charge in [0.15, 0.2) is 5.82 Å². The van der Waals surface area contributed by atoms with Gasteiger partial charge in [-0.1, -0.05) is 0 Å². The summed E-state index contributed by atoms with van der Waals surface area (Å²) in [6, 6.07) is 5.86. The first kappa shape index (κ1) is 12.3. The van der Waals surface area contributed by atoms with Gasteiger partial charge in [-0.15, -0.1) is 5.10 Å². The molecule has 20 heavy (non-hydrogen) atoms. The monoisotopic (exact) mass is 333 g/mol. The lowest BCUT2D eigenvalue weighted by Gasteiger charge is -2.14. The van der Waals surface area contributed by atoms with Crippen LogP contribution in [0.4, 0.5) is 5.69 Å². The van der Waals surface area contributed by atoms with Crippen molar-refractivity contribution in [2.75, 3.05) is 5.73 Å². The Balaban J connectivity index is 1.66. The van der Waals surface area contributed by atoms with Gasteiger partial charge in [0.2, 0.25) is 0 Å². The maximum Gasteiger partial charge on any atom is 0.182 e. The van der Waals surface area contributed by atoms with Crippen molar-refractivity contribution in [3.05, 3.63) is 22.7 Å². The smallest absolute Gasteiger partial charge is 0.182 e. The van der Waals surface area contributed by atoms with Gasteiger partial charge in [0.25, 0.3) is 0 Å². The van der Waals surface area contributed by atoms with Gasteiger partial charge in [0, 0.05) is 15.7 Å². The third kappa shape index (κ3) is 2.02. The lowest BCUT2D eigenvalue weighted by Crippen LogP contribution is -2.16. The van der Waals surface area contributed by atoms with Crippen LogP contribution in [0.25, 0.3) is 11.4 Å². The van der Waals surface area contributed by atoms with E-state index in [1.807, 2.05) is 22.9 Å². The van der Waals surface area contributed by atoms with Crippen molar-refractivity contribution in [3.63, 3.8) is 0 Å². The molecule has 2 aliphatic carbocycles. The van der Waals surface area contributed by atoms with Crippen molar-refractivity contribution in [3.8, 4) is 11.4 Å². The topological polar surface area (TPSA) is 69.6 Å². The number of aromatic nitrogens is 4. The highest BCUT2D eigenvalue weighted by atomic mass is 79.9. The highest BCUT2D eigenvalue weighted by molar-refractivity contribution is 9.10. The molecule has 4 rings (SSSR count). The van der Waals surface area contributed by atoms with E-state index in [1.165, 1.54) is 25.7 Å². The lowest BCUT2D eigenvalue weighted by molar-refractivity contribution is 0.348. The summed E-state index contributed by atoms with van der Waals surface area (Å²) >= 11 is 3.41. The Labute approximate surface area is 125 Å². The number of anilines is 1. The van der Waals surface area contributed by atoms with Crippen LogP contribution >= 0.6 is 15.9 Å². The Morgan fingerprint density at radius 2 is 2.15 bits per heavy atom. The third-order valence-corrected chi connectivity index (χ3v) is 5.31. The largest absolute Gasteiger partial charge is 0.398 e. The number of nitrogen functional groups attached to an aromatic ring is 1. The Morgan fingerprint density at radius 1 is 1.35 bits per heavy atom. The molecule has 2 aromatic rings. The molecule has 1 aromatic heterocycles. The van der Waals surface area contributed by atoms with Crippen LogP contribution < -0.4 is 5.73 Å². The van der Waals surface area contributed by atoms with Crippen molar-refractivity contribution in [2.45, 2.75) is 32.2 Å². The Bertz CT molecular complexity index is 657. The fourth-order valence-corrected chi connectivity index (χ4v) is 3.30. The molecule has 0 radical (unpaired) electrons. The predicted octanol–water partition coefficient (Wildman–Crippen LogP) is 2.88. The van der Waals surface area contributed by atoms with Crippen LogP contribution in [0.1, 0.15) is 25.7 Å². The molecule has 2 N–H and O–H groups in total. The van der Waals surface area contributed by atoms with Crippen LogP contribution in [0.2, 0.25) is 0 Å². The van der Waals surface area contributed by atoms with Gasteiger partial charge in [-0.25, -0.2) is 4.68 Å². The number of benzene rings is 1. The zero-order valence-electron chi connectivity index (χ0n) is 11.1. The summed E-state index contributed by atoms with van der Waals surface area (Å²) in [5.41, 5.74) is 8.11. The Hall–Kier alpha value is -1.43. The molecular formula is C14H16BrN5. The van der Waals surface area contributed by atoms with Crippen LogP contribution in [0.15, 0.2) is 22.7 Å². The summed E-state index contributed by atoms with van der Waals surface area (Å²) in [4.78, 5) is 0. The number of nitrogens with two attached hydrogens (primary N) is 1. The fourth-order valence-electron chi connectivity index (χ4n) is 3.05. The first-order chi connectivity index (χ1) is 9.68. The Kier molecular flexibility index (Phi) is 2.64. The molecule has 0 saturated heterocycles. The maximum absolute atomic E-state index is 5.95. The SMILES string of the molecule is Nc1cc(-c2nnnn2CC2(C3CC3)CC2)ccc1Br. The second kappa shape index (κ2) is 4.28. The van der Waals surface area contributed by atoms with Gasteiger partial charge < -0.3 is 5.73 Å².